The Kier molecular flexibility index (Phi) is 5.51. The van der Waals surface area contributed by atoms with Gasteiger partial charge in [-0.2, -0.15) is 0 Å². The molecule has 1 fully saturated rings. The van der Waals surface area contributed by atoms with Gasteiger partial charge in [-0.3, -0.25) is 10.1 Å². The molecule has 0 spiro atoms. The van der Waals surface area contributed by atoms with Crippen LogP contribution in [0.5, 0.6) is 0 Å². The molecule has 1 saturated heterocycles. The van der Waals surface area contributed by atoms with Crippen molar-refractivity contribution >= 4 is 40.8 Å². The molecule has 3 rings (SSSR count). The van der Waals surface area contributed by atoms with Gasteiger partial charge in [-0.1, -0.05) is 42.5 Å². The number of benzene rings is 2. The maximum atomic E-state index is 12.2. The molecular weight excluding hydrogens is 304 g/mol. The van der Waals surface area contributed by atoms with Crippen LogP contribution in [-0.2, 0) is 4.79 Å². The zero-order chi connectivity index (χ0) is 13.9. The van der Waals surface area contributed by atoms with E-state index in [-0.39, 0.29) is 30.4 Å². The minimum Gasteiger partial charge on any atom is -0.348 e. The molecule has 2 N–H and O–H groups in total. The molecule has 1 amide bonds. The van der Waals surface area contributed by atoms with Gasteiger partial charge in [-0.25, -0.2) is 0 Å². The number of nitrogens with one attached hydrogen (secondary N) is 2. The van der Waals surface area contributed by atoms with Gasteiger partial charge in [0.05, 0.1) is 12.1 Å². The van der Waals surface area contributed by atoms with E-state index in [1.165, 1.54) is 16.3 Å². The predicted octanol–water partition coefficient (Wildman–Crippen LogP) is 3.10. The highest BCUT2D eigenvalue weighted by molar-refractivity contribution is 7.99. The molecule has 2 atom stereocenters. The van der Waals surface area contributed by atoms with Crippen molar-refractivity contribution in [2.45, 2.75) is 19.0 Å². The van der Waals surface area contributed by atoms with Gasteiger partial charge in [0, 0.05) is 11.6 Å². The van der Waals surface area contributed by atoms with Gasteiger partial charge in [-0.15, -0.1) is 24.2 Å². The smallest absolute Gasteiger partial charge is 0.238 e. The first-order valence-corrected chi connectivity index (χ1v) is 8.00. The molecule has 2 aromatic carbocycles. The normalized spacial score (nSPS) is 19.0. The van der Waals surface area contributed by atoms with Gasteiger partial charge < -0.3 is 5.32 Å². The summed E-state index contributed by atoms with van der Waals surface area (Å²) in [7, 11) is 0. The van der Waals surface area contributed by atoms with Gasteiger partial charge in [0.25, 0.3) is 0 Å². The number of thioether (sulfide) groups is 1. The lowest BCUT2D eigenvalue weighted by molar-refractivity contribution is -0.123. The zero-order valence-electron chi connectivity index (χ0n) is 11.8. The van der Waals surface area contributed by atoms with E-state index in [0.717, 1.165) is 11.6 Å². The fraction of sp³-hybridized carbons (Fsp3) is 0.312. The lowest BCUT2D eigenvalue weighted by atomic mass is 9.99. The van der Waals surface area contributed by atoms with Crippen LogP contribution < -0.4 is 10.6 Å². The van der Waals surface area contributed by atoms with E-state index in [1.54, 1.807) is 11.8 Å². The Morgan fingerprint density at radius 1 is 1.29 bits per heavy atom. The summed E-state index contributed by atoms with van der Waals surface area (Å²) in [5.41, 5.74) is 1.17. The Morgan fingerprint density at radius 3 is 2.81 bits per heavy atom. The van der Waals surface area contributed by atoms with Crippen LogP contribution in [0.3, 0.4) is 0 Å². The van der Waals surface area contributed by atoms with Gasteiger partial charge in [0.15, 0.2) is 0 Å². The molecule has 0 saturated carbocycles. The van der Waals surface area contributed by atoms with Crippen molar-refractivity contribution in [1.82, 2.24) is 10.6 Å². The average molecular weight is 323 g/mol. The van der Waals surface area contributed by atoms with E-state index in [9.17, 15) is 4.79 Å². The van der Waals surface area contributed by atoms with Crippen molar-refractivity contribution in [3.63, 3.8) is 0 Å². The molecule has 1 aliphatic heterocycles. The molecule has 5 heteroatoms. The molecule has 3 nitrogen and oxygen atoms in total. The number of hydrogen-bond donors (Lipinski definition) is 2. The second kappa shape index (κ2) is 7.16. The molecular formula is C16H19ClN2OS. The topological polar surface area (TPSA) is 41.1 Å². The Balaban J connectivity index is 0.00000161. The molecule has 2 aromatic rings. The summed E-state index contributed by atoms with van der Waals surface area (Å²) in [6.45, 7) is 2.04. The fourth-order valence-corrected chi connectivity index (χ4v) is 3.53. The highest BCUT2D eigenvalue weighted by atomic mass is 35.5. The Morgan fingerprint density at radius 2 is 2.05 bits per heavy atom. The van der Waals surface area contributed by atoms with Gasteiger partial charge in [0.1, 0.15) is 0 Å². The van der Waals surface area contributed by atoms with E-state index in [0.29, 0.717) is 0 Å². The maximum absolute atomic E-state index is 12.2. The minimum absolute atomic E-state index is 0. The van der Waals surface area contributed by atoms with Crippen LogP contribution in [0.4, 0.5) is 0 Å². The predicted molar refractivity (Wildman–Crippen MR) is 92.0 cm³/mol. The summed E-state index contributed by atoms with van der Waals surface area (Å²) < 4.78 is 0. The monoisotopic (exact) mass is 322 g/mol. The van der Waals surface area contributed by atoms with Crippen LogP contribution in [0.1, 0.15) is 18.5 Å². The summed E-state index contributed by atoms with van der Waals surface area (Å²) in [6.07, 6.45) is 0. The first-order chi connectivity index (χ1) is 9.75. The Labute approximate surface area is 135 Å². The number of carbonyl (C=O) groups is 1. The fourth-order valence-electron chi connectivity index (χ4n) is 2.58. The third kappa shape index (κ3) is 3.51. The molecule has 0 bridgehead atoms. The van der Waals surface area contributed by atoms with Crippen LogP contribution in [0.25, 0.3) is 10.8 Å². The van der Waals surface area contributed by atoms with Crippen LogP contribution in [0, 0.1) is 0 Å². The summed E-state index contributed by atoms with van der Waals surface area (Å²) in [4.78, 5) is 12.2. The average Bonchev–Trinajstić information content (AvgIpc) is 3.01. The second-order valence-electron chi connectivity index (χ2n) is 5.07. The van der Waals surface area contributed by atoms with E-state index >= 15 is 0 Å². The van der Waals surface area contributed by atoms with Crippen molar-refractivity contribution < 1.29 is 4.79 Å². The Hall–Kier alpha value is -1.23. The molecule has 0 aliphatic carbocycles. The summed E-state index contributed by atoms with van der Waals surface area (Å²) in [6, 6.07) is 14.5. The van der Waals surface area contributed by atoms with Crippen LogP contribution in [0.15, 0.2) is 42.5 Å². The summed E-state index contributed by atoms with van der Waals surface area (Å²) in [5, 5.41) is 8.73. The van der Waals surface area contributed by atoms with Gasteiger partial charge in [-0.05, 0) is 23.3 Å². The third-order valence-electron chi connectivity index (χ3n) is 3.68. The lowest BCUT2D eigenvalue weighted by Gasteiger charge is -2.19. The van der Waals surface area contributed by atoms with Crippen molar-refractivity contribution in [2.24, 2.45) is 0 Å². The molecule has 21 heavy (non-hydrogen) atoms. The lowest BCUT2D eigenvalue weighted by Crippen LogP contribution is -2.42. The summed E-state index contributed by atoms with van der Waals surface area (Å²) in [5.74, 6) is 1.81. The van der Waals surface area contributed by atoms with Crippen molar-refractivity contribution in [3.05, 3.63) is 48.0 Å². The third-order valence-corrected chi connectivity index (χ3v) is 4.62. The molecule has 112 valence electrons. The summed E-state index contributed by atoms with van der Waals surface area (Å²) >= 11 is 1.76. The van der Waals surface area contributed by atoms with Crippen molar-refractivity contribution in [1.29, 1.82) is 0 Å². The minimum atomic E-state index is -0.0579. The standard InChI is InChI=1S/C16H18N2OS.ClH/c1-11(18-16(19)15-9-20-10-17-15)13-8-4-6-12-5-2-3-7-14(12)13;/h2-8,11,15,17H,9-10H2,1H3,(H,18,19);1H. The SMILES string of the molecule is CC(NC(=O)C1CSCN1)c1cccc2ccccc12.Cl. The molecule has 0 radical (unpaired) electrons. The highest BCUT2D eigenvalue weighted by Gasteiger charge is 2.24. The first kappa shape index (κ1) is 16.1. The number of rotatable bonds is 3. The van der Waals surface area contributed by atoms with E-state index in [1.807, 2.05) is 25.1 Å². The van der Waals surface area contributed by atoms with Crippen LogP contribution in [0.2, 0.25) is 0 Å². The number of amides is 1. The first-order valence-electron chi connectivity index (χ1n) is 6.85. The quantitative estimate of drug-likeness (QED) is 0.912. The molecule has 1 heterocycles. The van der Waals surface area contributed by atoms with Crippen LogP contribution >= 0.6 is 24.2 Å². The number of fused-ring (bicyclic) bond motifs is 1. The number of hydrogen-bond acceptors (Lipinski definition) is 3. The van der Waals surface area contributed by atoms with Crippen molar-refractivity contribution in [3.8, 4) is 0 Å². The highest BCUT2D eigenvalue weighted by Crippen LogP contribution is 2.24. The molecule has 0 aromatic heterocycles. The van der Waals surface area contributed by atoms with Gasteiger partial charge >= 0.3 is 0 Å². The maximum Gasteiger partial charge on any atom is 0.238 e. The van der Waals surface area contributed by atoms with E-state index < -0.39 is 0 Å². The molecule has 1 aliphatic rings. The Bertz CT molecular complexity index is 623. The second-order valence-corrected chi connectivity index (χ2v) is 6.10. The number of halogens is 1. The number of carbonyl (C=O) groups excluding carboxylic acids is 1. The largest absolute Gasteiger partial charge is 0.348 e. The molecule has 2 unspecified atom stereocenters. The zero-order valence-corrected chi connectivity index (χ0v) is 13.5. The van der Waals surface area contributed by atoms with E-state index in [2.05, 4.69) is 34.9 Å². The van der Waals surface area contributed by atoms with Crippen LogP contribution in [-0.4, -0.2) is 23.6 Å². The van der Waals surface area contributed by atoms with Crippen molar-refractivity contribution in [2.75, 3.05) is 11.6 Å². The van der Waals surface area contributed by atoms with E-state index in [4.69, 9.17) is 0 Å². The van der Waals surface area contributed by atoms with Gasteiger partial charge in [0.2, 0.25) is 5.91 Å².